The normalized spacial score (nSPS) is 10.1. The van der Waals surface area contributed by atoms with Crippen molar-refractivity contribution in [3.05, 3.63) is 46.4 Å². The Kier molecular flexibility index (Phi) is 4.06. The molecule has 1 aromatic heterocycles. The van der Waals surface area contributed by atoms with Crippen molar-refractivity contribution in [2.24, 2.45) is 0 Å². The Hall–Kier alpha value is -2.02. The molecule has 0 radical (unpaired) electrons. The fourth-order valence-corrected chi connectivity index (χ4v) is 1.94. The Morgan fingerprint density at radius 3 is 2.89 bits per heavy atom. The fourth-order valence-electron chi connectivity index (χ4n) is 1.41. The van der Waals surface area contributed by atoms with Crippen LogP contribution in [0.3, 0.4) is 0 Å². The highest BCUT2D eigenvalue weighted by Crippen LogP contribution is 2.21. The monoisotopic (exact) mass is 325 g/mol. The molecule has 0 bridgehead atoms. The first-order chi connectivity index (χ1) is 9.11. The van der Waals surface area contributed by atoms with Gasteiger partial charge in [0.2, 0.25) is 5.88 Å². The molecule has 2 rings (SSSR count). The van der Waals surface area contributed by atoms with Gasteiger partial charge in [0.25, 0.3) is 5.91 Å². The summed E-state index contributed by atoms with van der Waals surface area (Å²) in [5, 5.41) is 2.47. The van der Waals surface area contributed by atoms with Crippen molar-refractivity contribution in [3.63, 3.8) is 0 Å². The van der Waals surface area contributed by atoms with Crippen molar-refractivity contribution < 1.29 is 13.9 Å². The van der Waals surface area contributed by atoms with E-state index in [-0.39, 0.29) is 11.4 Å². The summed E-state index contributed by atoms with van der Waals surface area (Å²) in [6.07, 6.45) is 1.24. The quantitative estimate of drug-likeness (QED) is 0.942. The van der Waals surface area contributed by atoms with Crippen LogP contribution in [0.15, 0.2) is 35.1 Å². The van der Waals surface area contributed by atoms with Crippen molar-refractivity contribution in [1.82, 2.24) is 9.97 Å². The number of methoxy groups -OCH3 is 1. The second-order valence-electron chi connectivity index (χ2n) is 3.50. The molecular weight excluding hydrogens is 317 g/mol. The molecule has 7 heteroatoms. The molecule has 0 fully saturated rings. The molecule has 0 unspecified atom stereocenters. The van der Waals surface area contributed by atoms with Crippen molar-refractivity contribution in [2.45, 2.75) is 0 Å². The van der Waals surface area contributed by atoms with E-state index in [4.69, 9.17) is 4.74 Å². The van der Waals surface area contributed by atoms with Gasteiger partial charge in [-0.2, -0.15) is 0 Å². The van der Waals surface area contributed by atoms with Crippen LogP contribution in [0.2, 0.25) is 0 Å². The number of ether oxygens (including phenoxy) is 1. The van der Waals surface area contributed by atoms with Crippen LogP contribution >= 0.6 is 15.9 Å². The lowest BCUT2D eigenvalue weighted by molar-refractivity contribution is 0.102. The molecule has 19 heavy (non-hydrogen) atoms. The lowest BCUT2D eigenvalue weighted by Gasteiger charge is -2.07. The number of rotatable bonds is 3. The van der Waals surface area contributed by atoms with Gasteiger partial charge in [0.05, 0.1) is 12.7 Å². The number of halogens is 2. The lowest BCUT2D eigenvalue weighted by Crippen LogP contribution is -2.15. The fraction of sp³-hybridized carbons (Fsp3) is 0.0833. The predicted octanol–water partition coefficient (Wildman–Crippen LogP) is 2.64. The molecule has 0 saturated heterocycles. The Morgan fingerprint density at radius 2 is 2.21 bits per heavy atom. The summed E-state index contributed by atoms with van der Waals surface area (Å²) in [5.41, 5.74) is -0.0833. The molecule has 5 nitrogen and oxygen atoms in total. The molecule has 0 saturated carbocycles. The van der Waals surface area contributed by atoms with Crippen LogP contribution in [0.4, 0.5) is 10.2 Å². The molecule has 98 valence electrons. The average molecular weight is 326 g/mol. The topological polar surface area (TPSA) is 64.1 Å². The van der Waals surface area contributed by atoms with Crippen LogP contribution in [-0.2, 0) is 0 Å². The number of benzene rings is 1. The zero-order valence-electron chi connectivity index (χ0n) is 9.85. The molecule has 2 aromatic rings. The van der Waals surface area contributed by atoms with Gasteiger partial charge in [0.1, 0.15) is 18.0 Å². The summed E-state index contributed by atoms with van der Waals surface area (Å²) in [4.78, 5) is 19.6. The third kappa shape index (κ3) is 3.05. The van der Waals surface area contributed by atoms with Gasteiger partial charge in [-0.15, -0.1) is 0 Å². The number of nitrogens with one attached hydrogen (secondary N) is 1. The Morgan fingerprint density at radius 1 is 1.42 bits per heavy atom. The van der Waals surface area contributed by atoms with Gasteiger partial charge in [-0.3, -0.25) is 4.79 Å². The molecule has 1 N–H and O–H groups in total. The van der Waals surface area contributed by atoms with E-state index in [2.05, 4.69) is 31.2 Å². The van der Waals surface area contributed by atoms with Crippen molar-refractivity contribution >= 4 is 27.7 Å². The zero-order valence-corrected chi connectivity index (χ0v) is 11.4. The molecule has 0 aliphatic carbocycles. The second kappa shape index (κ2) is 5.75. The number of hydrogen-bond acceptors (Lipinski definition) is 4. The Bertz CT molecular complexity index is 601. The standard InChI is InChI=1S/C12H9BrFN3O2/c1-19-10-5-9(15-6-16-10)17-12(18)11-7(13)3-2-4-8(11)14/h2-6H,1H3,(H,15,16,17,18). The number of hydrogen-bond donors (Lipinski definition) is 1. The number of carbonyl (C=O) groups is 1. The molecule has 0 spiro atoms. The maximum Gasteiger partial charge on any atom is 0.260 e. The Labute approximate surface area is 117 Å². The Balaban J connectivity index is 2.26. The summed E-state index contributed by atoms with van der Waals surface area (Å²) in [6, 6.07) is 5.73. The third-order valence-electron chi connectivity index (χ3n) is 2.28. The molecule has 0 atom stereocenters. The highest BCUT2D eigenvalue weighted by atomic mass is 79.9. The average Bonchev–Trinajstić information content (AvgIpc) is 2.38. The van der Waals surface area contributed by atoms with Crippen LogP contribution in [0.1, 0.15) is 10.4 Å². The van der Waals surface area contributed by atoms with E-state index in [1.54, 1.807) is 6.07 Å². The summed E-state index contributed by atoms with van der Waals surface area (Å²) in [7, 11) is 1.45. The van der Waals surface area contributed by atoms with Crippen LogP contribution in [0, 0.1) is 5.82 Å². The number of nitrogens with zero attached hydrogens (tertiary/aromatic N) is 2. The van der Waals surface area contributed by atoms with Gasteiger partial charge in [-0.1, -0.05) is 6.07 Å². The first kappa shape index (κ1) is 13.4. The first-order valence-electron chi connectivity index (χ1n) is 5.23. The van der Waals surface area contributed by atoms with E-state index in [1.165, 1.54) is 31.6 Å². The van der Waals surface area contributed by atoms with Gasteiger partial charge >= 0.3 is 0 Å². The van der Waals surface area contributed by atoms with Crippen LogP contribution in [-0.4, -0.2) is 23.0 Å². The van der Waals surface area contributed by atoms with Crippen LogP contribution in [0.25, 0.3) is 0 Å². The zero-order chi connectivity index (χ0) is 13.8. The highest BCUT2D eigenvalue weighted by molar-refractivity contribution is 9.10. The van der Waals surface area contributed by atoms with Gasteiger partial charge < -0.3 is 10.1 Å². The minimum Gasteiger partial charge on any atom is -0.481 e. The van der Waals surface area contributed by atoms with E-state index in [1.807, 2.05) is 0 Å². The maximum absolute atomic E-state index is 13.6. The summed E-state index contributed by atoms with van der Waals surface area (Å²) in [5.74, 6) is -0.691. The van der Waals surface area contributed by atoms with Gasteiger partial charge in [0.15, 0.2) is 0 Å². The SMILES string of the molecule is COc1cc(NC(=O)c2c(F)cccc2Br)ncn1. The molecule has 1 aromatic carbocycles. The van der Waals surface area contributed by atoms with Gasteiger partial charge in [-0.25, -0.2) is 14.4 Å². The van der Waals surface area contributed by atoms with E-state index in [9.17, 15) is 9.18 Å². The van der Waals surface area contributed by atoms with E-state index in [0.717, 1.165) is 0 Å². The molecule has 0 aliphatic heterocycles. The number of amides is 1. The lowest BCUT2D eigenvalue weighted by atomic mass is 10.2. The van der Waals surface area contributed by atoms with Gasteiger partial charge in [-0.05, 0) is 28.1 Å². The number of anilines is 1. The van der Waals surface area contributed by atoms with E-state index >= 15 is 0 Å². The van der Waals surface area contributed by atoms with Crippen LogP contribution in [0.5, 0.6) is 5.88 Å². The van der Waals surface area contributed by atoms with E-state index in [0.29, 0.717) is 10.4 Å². The molecule has 1 amide bonds. The highest BCUT2D eigenvalue weighted by Gasteiger charge is 2.16. The number of carbonyl (C=O) groups excluding carboxylic acids is 1. The minimum absolute atomic E-state index is 0.0833. The largest absolute Gasteiger partial charge is 0.481 e. The van der Waals surface area contributed by atoms with E-state index < -0.39 is 11.7 Å². The molecule has 1 heterocycles. The number of aromatic nitrogens is 2. The molecule has 0 aliphatic rings. The smallest absolute Gasteiger partial charge is 0.260 e. The van der Waals surface area contributed by atoms with Crippen molar-refractivity contribution in [2.75, 3.05) is 12.4 Å². The predicted molar refractivity (Wildman–Crippen MR) is 70.6 cm³/mol. The second-order valence-corrected chi connectivity index (χ2v) is 4.35. The first-order valence-corrected chi connectivity index (χ1v) is 6.02. The van der Waals surface area contributed by atoms with Crippen molar-refractivity contribution in [3.8, 4) is 5.88 Å². The minimum atomic E-state index is -0.618. The molecular formula is C12H9BrFN3O2. The van der Waals surface area contributed by atoms with Gasteiger partial charge in [0, 0.05) is 10.5 Å². The summed E-state index contributed by atoms with van der Waals surface area (Å²) >= 11 is 3.13. The summed E-state index contributed by atoms with van der Waals surface area (Å²) in [6.45, 7) is 0. The van der Waals surface area contributed by atoms with Crippen LogP contribution < -0.4 is 10.1 Å². The maximum atomic E-state index is 13.6. The van der Waals surface area contributed by atoms with Crippen molar-refractivity contribution in [1.29, 1.82) is 0 Å². The summed E-state index contributed by atoms with van der Waals surface area (Å²) < 4.78 is 18.9. The third-order valence-corrected chi connectivity index (χ3v) is 2.94.